The largest absolute Gasteiger partial charge is 0.365 e. The maximum absolute atomic E-state index is 6.09. The summed E-state index contributed by atoms with van der Waals surface area (Å²) in [5.41, 5.74) is 1.43. The molecule has 1 aliphatic rings. The first kappa shape index (κ1) is 12.7. The molecule has 1 aromatic rings. The van der Waals surface area contributed by atoms with E-state index in [1.165, 1.54) is 18.5 Å². The molecule has 1 atom stereocenters. The van der Waals surface area contributed by atoms with Crippen LogP contribution in [0.4, 0.5) is 5.69 Å². The predicted molar refractivity (Wildman–Crippen MR) is 75.0 cm³/mol. The minimum atomic E-state index is 0.206. The number of likely N-dealkylation sites (N-methyl/N-ethyl adjacent to an activating group) is 1. The van der Waals surface area contributed by atoms with Crippen LogP contribution in [-0.2, 0) is 0 Å². The first-order chi connectivity index (χ1) is 8.03. The van der Waals surface area contributed by atoms with Gasteiger partial charge in [0.1, 0.15) is 0 Å². The fraction of sp³-hybridized carbons (Fsp3) is 0.571. The SMILES string of the molecule is CNC1CCC(C)(C)N(c2cccc(Cl)c2)C1. The fourth-order valence-electron chi connectivity index (χ4n) is 2.56. The lowest BCUT2D eigenvalue weighted by Gasteiger charge is -2.47. The Bertz CT molecular complexity index is 390. The minimum Gasteiger partial charge on any atom is -0.365 e. The van der Waals surface area contributed by atoms with E-state index in [4.69, 9.17) is 11.6 Å². The highest BCUT2D eigenvalue weighted by atomic mass is 35.5. The zero-order valence-corrected chi connectivity index (χ0v) is 11.6. The van der Waals surface area contributed by atoms with Crippen LogP contribution in [0.3, 0.4) is 0 Å². The standard InChI is InChI=1S/C14H21ClN2/c1-14(2)8-7-12(16-3)10-17(14)13-6-4-5-11(15)9-13/h4-6,9,12,16H,7-8,10H2,1-3H3. The summed E-state index contributed by atoms with van der Waals surface area (Å²) < 4.78 is 0. The van der Waals surface area contributed by atoms with Gasteiger partial charge in [-0.1, -0.05) is 17.7 Å². The summed E-state index contributed by atoms with van der Waals surface area (Å²) >= 11 is 6.09. The molecule has 1 unspecified atom stereocenters. The van der Waals surface area contributed by atoms with Gasteiger partial charge in [0, 0.05) is 28.8 Å². The van der Waals surface area contributed by atoms with Gasteiger partial charge < -0.3 is 10.2 Å². The molecule has 0 amide bonds. The van der Waals surface area contributed by atoms with E-state index in [1.54, 1.807) is 0 Å². The summed E-state index contributed by atoms with van der Waals surface area (Å²) in [5, 5.41) is 4.19. The molecule has 0 spiro atoms. The highest BCUT2D eigenvalue weighted by Gasteiger charge is 2.33. The zero-order valence-electron chi connectivity index (χ0n) is 10.8. The van der Waals surface area contributed by atoms with Gasteiger partial charge in [0.2, 0.25) is 0 Å². The predicted octanol–water partition coefficient (Wildman–Crippen LogP) is 3.31. The Labute approximate surface area is 109 Å². The van der Waals surface area contributed by atoms with Gasteiger partial charge >= 0.3 is 0 Å². The Hall–Kier alpha value is -0.730. The monoisotopic (exact) mass is 252 g/mol. The molecule has 0 bridgehead atoms. The number of piperidine rings is 1. The van der Waals surface area contributed by atoms with Crippen molar-refractivity contribution in [3.05, 3.63) is 29.3 Å². The van der Waals surface area contributed by atoms with Crippen LogP contribution in [-0.4, -0.2) is 25.2 Å². The van der Waals surface area contributed by atoms with E-state index in [2.05, 4.69) is 36.2 Å². The fourth-order valence-corrected chi connectivity index (χ4v) is 2.74. The van der Waals surface area contributed by atoms with E-state index in [-0.39, 0.29) is 5.54 Å². The van der Waals surface area contributed by atoms with Gasteiger partial charge in [0.05, 0.1) is 0 Å². The van der Waals surface area contributed by atoms with Crippen molar-refractivity contribution in [3.63, 3.8) is 0 Å². The smallest absolute Gasteiger partial charge is 0.0426 e. The highest BCUT2D eigenvalue weighted by Crippen LogP contribution is 2.33. The Morgan fingerprint density at radius 1 is 1.41 bits per heavy atom. The van der Waals surface area contributed by atoms with Gasteiger partial charge in [-0.25, -0.2) is 0 Å². The normalized spacial score (nSPS) is 23.8. The molecule has 2 nitrogen and oxygen atoms in total. The zero-order chi connectivity index (χ0) is 12.5. The lowest BCUT2D eigenvalue weighted by atomic mass is 9.87. The second-order valence-corrected chi connectivity index (χ2v) is 5.86. The molecular weight excluding hydrogens is 232 g/mol. The first-order valence-electron chi connectivity index (χ1n) is 6.23. The van der Waals surface area contributed by atoms with Crippen LogP contribution in [0, 0.1) is 0 Å². The number of hydrogen-bond acceptors (Lipinski definition) is 2. The second-order valence-electron chi connectivity index (χ2n) is 5.43. The van der Waals surface area contributed by atoms with Gasteiger partial charge in [0.15, 0.2) is 0 Å². The third-order valence-electron chi connectivity index (χ3n) is 3.77. The Kier molecular flexibility index (Phi) is 3.64. The van der Waals surface area contributed by atoms with Crippen LogP contribution in [0.25, 0.3) is 0 Å². The third-order valence-corrected chi connectivity index (χ3v) is 4.00. The van der Waals surface area contributed by atoms with Crippen LogP contribution in [0.15, 0.2) is 24.3 Å². The van der Waals surface area contributed by atoms with Crippen molar-refractivity contribution in [2.75, 3.05) is 18.5 Å². The molecule has 0 aliphatic carbocycles. The van der Waals surface area contributed by atoms with Crippen molar-refractivity contribution in [1.29, 1.82) is 0 Å². The van der Waals surface area contributed by atoms with Gasteiger partial charge in [-0.2, -0.15) is 0 Å². The molecule has 0 radical (unpaired) electrons. The van der Waals surface area contributed by atoms with Crippen LogP contribution in [0.2, 0.25) is 5.02 Å². The molecule has 3 heteroatoms. The molecule has 1 aliphatic heterocycles. The van der Waals surface area contributed by atoms with Crippen molar-refractivity contribution in [1.82, 2.24) is 5.32 Å². The molecule has 0 saturated carbocycles. The molecule has 1 aromatic carbocycles. The van der Waals surface area contributed by atoms with Gasteiger partial charge in [-0.05, 0) is 51.9 Å². The molecular formula is C14H21ClN2. The summed E-state index contributed by atoms with van der Waals surface area (Å²) in [5.74, 6) is 0. The van der Waals surface area contributed by atoms with Crippen molar-refractivity contribution in [2.45, 2.75) is 38.3 Å². The molecule has 17 heavy (non-hydrogen) atoms. The maximum atomic E-state index is 6.09. The van der Waals surface area contributed by atoms with Crippen LogP contribution < -0.4 is 10.2 Å². The minimum absolute atomic E-state index is 0.206. The third kappa shape index (κ3) is 2.75. The number of rotatable bonds is 2. The number of nitrogens with zero attached hydrogens (tertiary/aromatic N) is 1. The molecule has 1 N–H and O–H groups in total. The topological polar surface area (TPSA) is 15.3 Å². The molecule has 94 valence electrons. The summed E-state index contributed by atoms with van der Waals surface area (Å²) in [7, 11) is 2.04. The van der Waals surface area contributed by atoms with Crippen LogP contribution in [0.5, 0.6) is 0 Å². The summed E-state index contributed by atoms with van der Waals surface area (Å²) in [6, 6.07) is 8.73. The first-order valence-corrected chi connectivity index (χ1v) is 6.61. The van der Waals surface area contributed by atoms with E-state index >= 15 is 0 Å². The van der Waals surface area contributed by atoms with Gasteiger partial charge in [-0.15, -0.1) is 0 Å². The molecule has 2 rings (SSSR count). The van der Waals surface area contributed by atoms with Gasteiger partial charge in [-0.3, -0.25) is 0 Å². The summed E-state index contributed by atoms with van der Waals surface area (Å²) in [6.45, 7) is 5.66. The molecule has 1 saturated heterocycles. The second kappa shape index (κ2) is 4.87. The Morgan fingerprint density at radius 3 is 2.82 bits per heavy atom. The number of hydrogen-bond donors (Lipinski definition) is 1. The number of anilines is 1. The van der Waals surface area contributed by atoms with Gasteiger partial charge in [0.25, 0.3) is 0 Å². The number of halogens is 1. The summed E-state index contributed by atoms with van der Waals surface area (Å²) in [6.07, 6.45) is 2.44. The number of benzene rings is 1. The van der Waals surface area contributed by atoms with E-state index in [9.17, 15) is 0 Å². The highest BCUT2D eigenvalue weighted by molar-refractivity contribution is 6.30. The molecule has 0 aromatic heterocycles. The van der Waals surface area contributed by atoms with Crippen molar-refractivity contribution in [3.8, 4) is 0 Å². The average molecular weight is 253 g/mol. The Balaban J connectivity index is 2.27. The van der Waals surface area contributed by atoms with Crippen LogP contribution >= 0.6 is 11.6 Å². The van der Waals surface area contributed by atoms with Crippen LogP contribution in [0.1, 0.15) is 26.7 Å². The van der Waals surface area contributed by atoms with E-state index in [1.807, 2.05) is 19.2 Å². The number of nitrogens with one attached hydrogen (secondary N) is 1. The Morgan fingerprint density at radius 2 is 2.18 bits per heavy atom. The summed E-state index contributed by atoms with van der Waals surface area (Å²) in [4.78, 5) is 2.46. The van der Waals surface area contributed by atoms with Crippen molar-refractivity contribution in [2.24, 2.45) is 0 Å². The quantitative estimate of drug-likeness (QED) is 0.869. The average Bonchev–Trinajstić information content (AvgIpc) is 2.29. The van der Waals surface area contributed by atoms with E-state index in [0.717, 1.165) is 11.6 Å². The van der Waals surface area contributed by atoms with E-state index in [0.29, 0.717) is 6.04 Å². The van der Waals surface area contributed by atoms with Crippen molar-refractivity contribution >= 4 is 17.3 Å². The lowest BCUT2D eigenvalue weighted by molar-refractivity contribution is 0.313. The molecule has 1 heterocycles. The lowest BCUT2D eigenvalue weighted by Crippen LogP contribution is -2.55. The van der Waals surface area contributed by atoms with E-state index < -0.39 is 0 Å². The maximum Gasteiger partial charge on any atom is 0.0426 e. The molecule has 1 fully saturated rings. The van der Waals surface area contributed by atoms with Crippen molar-refractivity contribution < 1.29 is 0 Å².